The zero-order valence-corrected chi connectivity index (χ0v) is 16.5. The lowest BCUT2D eigenvalue weighted by Gasteiger charge is -2.11. The number of nitrogens with zero attached hydrogens (tertiary/aromatic N) is 3. The maximum absolute atomic E-state index is 14.1. The Labute approximate surface area is 173 Å². The Kier molecular flexibility index (Phi) is 5.26. The van der Waals surface area contributed by atoms with Crippen molar-refractivity contribution < 1.29 is 13.9 Å². The van der Waals surface area contributed by atoms with Crippen molar-refractivity contribution in [1.29, 1.82) is 0 Å². The van der Waals surface area contributed by atoms with Crippen LogP contribution in [0.15, 0.2) is 73.2 Å². The molecule has 0 aliphatic carbocycles. The van der Waals surface area contributed by atoms with E-state index in [9.17, 15) is 9.18 Å². The van der Waals surface area contributed by atoms with Crippen LogP contribution < -0.4 is 10.1 Å². The van der Waals surface area contributed by atoms with Crippen LogP contribution >= 0.6 is 0 Å². The van der Waals surface area contributed by atoms with Crippen LogP contribution in [0.1, 0.15) is 21.6 Å². The quantitative estimate of drug-likeness (QED) is 0.506. The van der Waals surface area contributed by atoms with Gasteiger partial charge in [-0.15, -0.1) is 0 Å². The van der Waals surface area contributed by atoms with Gasteiger partial charge in [0.15, 0.2) is 0 Å². The fraction of sp³-hybridized carbons (Fsp3) is 0.0870. The number of nitrogens with one attached hydrogen (secondary N) is 1. The van der Waals surface area contributed by atoms with E-state index in [1.165, 1.54) is 16.9 Å². The van der Waals surface area contributed by atoms with E-state index in [0.29, 0.717) is 34.1 Å². The van der Waals surface area contributed by atoms with Crippen LogP contribution in [0.3, 0.4) is 0 Å². The number of amides is 1. The number of carbonyl (C=O) groups excluding carboxylic acids is 1. The van der Waals surface area contributed by atoms with Crippen molar-refractivity contribution in [2.24, 2.45) is 0 Å². The molecule has 2 aromatic heterocycles. The predicted molar refractivity (Wildman–Crippen MR) is 112 cm³/mol. The van der Waals surface area contributed by atoms with Gasteiger partial charge in [0.2, 0.25) is 0 Å². The van der Waals surface area contributed by atoms with E-state index in [0.717, 1.165) is 5.56 Å². The monoisotopic (exact) mass is 402 g/mol. The molecule has 2 aromatic carbocycles. The Hall–Kier alpha value is -4.00. The zero-order chi connectivity index (χ0) is 21.1. The maximum Gasteiger partial charge on any atom is 0.259 e. The average molecular weight is 402 g/mol. The molecule has 0 aliphatic heterocycles. The first-order chi connectivity index (χ1) is 14.5. The molecule has 4 aromatic rings. The molecule has 2 heterocycles. The molecule has 4 rings (SSSR count). The molecular weight excluding hydrogens is 383 g/mol. The van der Waals surface area contributed by atoms with Crippen LogP contribution in [-0.4, -0.2) is 20.7 Å². The third-order valence-electron chi connectivity index (χ3n) is 4.63. The number of aromatic nitrogens is 3. The van der Waals surface area contributed by atoms with E-state index in [4.69, 9.17) is 4.74 Å². The molecule has 150 valence electrons. The molecular formula is C23H19FN4O2. The number of benzene rings is 2. The highest BCUT2D eigenvalue weighted by molar-refractivity contribution is 6.05. The number of aryl methyl sites for hydroxylation is 1. The van der Waals surface area contributed by atoms with Gasteiger partial charge in [0, 0.05) is 11.9 Å². The Balaban J connectivity index is 1.52. The molecule has 0 fully saturated rings. The van der Waals surface area contributed by atoms with E-state index < -0.39 is 5.82 Å². The van der Waals surface area contributed by atoms with Crippen LogP contribution in [0.25, 0.3) is 5.69 Å². The summed E-state index contributed by atoms with van der Waals surface area (Å²) < 4.78 is 21.3. The summed E-state index contributed by atoms with van der Waals surface area (Å²) in [5.74, 6) is 0.573. The fourth-order valence-electron chi connectivity index (χ4n) is 3.07. The highest BCUT2D eigenvalue weighted by atomic mass is 19.1. The van der Waals surface area contributed by atoms with E-state index >= 15 is 0 Å². The van der Waals surface area contributed by atoms with E-state index in [-0.39, 0.29) is 5.91 Å². The normalized spacial score (nSPS) is 10.6. The molecule has 0 atom stereocenters. The maximum atomic E-state index is 14.1. The Morgan fingerprint density at radius 2 is 1.90 bits per heavy atom. The third-order valence-corrected chi connectivity index (χ3v) is 4.63. The largest absolute Gasteiger partial charge is 0.455 e. The van der Waals surface area contributed by atoms with Gasteiger partial charge in [0.1, 0.15) is 23.0 Å². The minimum absolute atomic E-state index is 0.293. The van der Waals surface area contributed by atoms with Gasteiger partial charge in [0.25, 0.3) is 5.91 Å². The summed E-state index contributed by atoms with van der Waals surface area (Å²) in [5.41, 5.74) is 2.68. The summed E-state index contributed by atoms with van der Waals surface area (Å²) in [6, 6.07) is 15.3. The number of para-hydroxylation sites is 1. The summed E-state index contributed by atoms with van der Waals surface area (Å²) in [5, 5.41) is 7.03. The Bertz CT molecular complexity index is 1210. The second kappa shape index (κ2) is 8.16. The van der Waals surface area contributed by atoms with Gasteiger partial charge in [-0.25, -0.2) is 9.07 Å². The number of halogens is 1. The first-order valence-corrected chi connectivity index (χ1v) is 9.32. The minimum atomic E-state index is -0.407. The standard InChI is InChI=1S/C23H19FN4O2/c1-15-12-17(9-10-22(15)30-18-6-5-11-25-13-18)27-23(29)19-14-26-28(16(19)2)21-8-4-3-7-20(21)24/h3-14H,1-2H3,(H,27,29). The minimum Gasteiger partial charge on any atom is -0.455 e. The predicted octanol–water partition coefficient (Wildman–Crippen LogP) is 5.07. The second-order valence-corrected chi connectivity index (χ2v) is 6.73. The zero-order valence-electron chi connectivity index (χ0n) is 16.5. The Morgan fingerprint density at radius 3 is 2.63 bits per heavy atom. The van der Waals surface area contributed by atoms with Crippen molar-refractivity contribution in [1.82, 2.24) is 14.8 Å². The van der Waals surface area contributed by atoms with Crippen molar-refractivity contribution >= 4 is 11.6 Å². The number of rotatable bonds is 5. The van der Waals surface area contributed by atoms with Crippen molar-refractivity contribution in [3.8, 4) is 17.2 Å². The number of hydrogen-bond donors (Lipinski definition) is 1. The van der Waals surface area contributed by atoms with Crippen LogP contribution in [0.5, 0.6) is 11.5 Å². The number of hydrogen-bond acceptors (Lipinski definition) is 4. The van der Waals surface area contributed by atoms with Crippen LogP contribution in [0, 0.1) is 19.7 Å². The summed E-state index contributed by atoms with van der Waals surface area (Å²) in [4.78, 5) is 16.8. The topological polar surface area (TPSA) is 69.0 Å². The van der Waals surface area contributed by atoms with Gasteiger partial charge in [-0.05, 0) is 61.9 Å². The van der Waals surface area contributed by atoms with E-state index in [1.54, 1.807) is 55.7 Å². The van der Waals surface area contributed by atoms with Crippen molar-refractivity contribution in [3.63, 3.8) is 0 Å². The lowest BCUT2D eigenvalue weighted by molar-refractivity contribution is 0.102. The summed E-state index contributed by atoms with van der Waals surface area (Å²) in [7, 11) is 0. The van der Waals surface area contributed by atoms with Crippen molar-refractivity contribution in [2.45, 2.75) is 13.8 Å². The summed E-state index contributed by atoms with van der Waals surface area (Å²) in [6.45, 7) is 3.62. The smallest absolute Gasteiger partial charge is 0.259 e. The average Bonchev–Trinajstić information content (AvgIpc) is 3.12. The summed E-state index contributed by atoms with van der Waals surface area (Å²) in [6.07, 6.45) is 4.74. The molecule has 1 N–H and O–H groups in total. The van der Waals surface area contributed by atoms with Crippen LogP contribution in [0.2, 0.25) is 0 Å². The first kappa shape index (κ1) is 19.3. The van der Waals surface area contributed by atoms with E-state index in [2.05, 4.69) is 15.4 Å². The van der Waals surface area contributed by atoms with Crippen molar-refractivity contribution in [3.05, 3.63) is 95.8 Å². The summed E-state index contributed by atoms with van der Waals surface area (Å²) >= 11 is 0. The molecule has 6 nitrogen and oxygen atoms in total. The number of ether oxygens (including phenoxy) is 1. The molecule has 0 aliphatic rings. The van der Waals surface area contributed by atoms with Gasteiger partial charge >= 0.3 is 0 Å². The molecule has 30 heavy (non-hydrogen) atoms. The molecule has 0 saturated heterocycles. The van der Waals surface area contributed by atoms with Gasteiger partial charge < -0.3 is 10.1 Å². The van der Waals surface area contributed by atoms with Crippen LogP contribution in [0.4, 0.5) is 10.1 Å². The number of anilines is 1. The van der Waals surface area contributed by atoms with Crippen LogP contribution in [-0.2, 0) is 0 Å². The molecule has 0 spiro atoms. The molecule has 0 radical (unpaired) electrons. The highest BCUT2D eigenvalue weighted by Crippen LogP contribution is 2.27. The lowest BCUT2D eigenvalue weighted by atomic mass is 10.2. The molecule has 1 amide bonds. The molecule has 0 unspecified atom stereocenters. The third kappa shape index (κ3) is 3.91. The number of pyridine rings is 1. The van der Waals surface area contributed by atoms with E-state index in [1.807, 2.05) is 19.1 Å². The number of carbonyl (C=O) groups is 1. The van der Waals surface area contributed by atoms with Crippen molar-refractivity contribution in [2.75, 3.05) is 5.32 Å². The highest BCUT2D eigenvalue weighted by Gasteiger charge is 2.17. The first-order valence-electron chi connectivity index (χ1n) is 9.32. The fourth-order valence-corrected chi connectivity index (χ4v) is 3.07. The van der Waals surface area contributed by atoms with Gasteiger partial charge in [-0.3, -0.25) is 9.78 Å². The Morgan fingerprint density at radius 1 is 1.07 bits per heavy atom. The second-order valence-electron chi connectivity index (χ2n) is 6.73. The van der Waals surface area contributed by atoms with Gasteiger partial charge in [-0.1, -0.05) is 12.1 Å². The van der Waals surface area contributed by atoms with Gasteiger partial charge in [-0.2, -0.15) is 5.10 Å². The lowest BCUT2D eigenvalue weighted by Crippen LogP contribution is -2.13. The SMILES string of the molecule is Cc1cc(NC(=O)c2cnn(-c3ccccc3F)c2C)ccc1Oc1cccnc1. The molecule has 0 bridgehead atoms. The molecule has 0 saturated carbocycles. The van der Waals surface area contributed by atoms with Gasteiger partial charge in [0.05, 0.1) is 23.7 Å². The molecule has 7 heteroatoms.